The molecular weight excluding hydrogens is 444 g/mol. The molecule has 4 N–H and O–H groups in total. The van der Waals surface area contributed by atoms with Gasteiger partial charge in [-0.15, -0.1) is 4.40 Å². The van der Waals surface area contributed by atoms with Crippen LogP contribution in [0, 0.1) is 5.92 Å². The van der Waals surface area contributed by atoms with E-state index in [1.165, 1.54) is 17.9 Å². The van der Waals surface area contributed by atoms with Crippen LogP contribution in [0.3, 0.4) is 0 Å². The fourth-order valence-electron chi connectivity index (χ4n) is 3.49. The Kier molecular flexibility index (Phi) is 6.15. The van der Waals surface area contributed by atoms with Crippen molar-refractivity contribution in [2.45, 2.75) is 31.7 Å². The highest BCUT2D eigenvalue weighted by atomic mass is 32.3. The molecule has 33 heavy (non-hydrogen) atoms. The summed E-state index contributed by atoms with van der Waals surface area (Å²) in [7, 11) is -2.19. The van der Waals surface area contributed by atoms with Crippen LogP contribution in [0.4, 0.5) is 5.69 Å². The SMILES string of the molecule is COc1ccc2c(c1)S(O)(O)N=C(c1c(O)c(-c3ccccc3)nn(CCC(C)C)c1=O)N2. The summed E-state index contributed by atoms with van der Waals surface area (Å²) in [5.41, 5.74) is 0.421. The van der Waals surface area contributed by atoms with Gasteiger partial charge in [0, 0.05) is 18.2 Å². The minimum atomic E-state index is -3.66. The maximum absolute atomic E-state index is 13.4. The van der Waals surface area contributed by atoms with Crippen LogP contribution in [0.25, 0.3) is 11.3 Å². The Morgan fingerprint density at radius 1 is 1.15 bits per heavy atom. The van der Waals surface area contributed by atoms with Gasteiger partial charge in [0.2, 0.25) is 0 Å². The number of rotatable bonds is 6. The molecule has 1 aliphatic heterocycles. The molecule has 0 spiro atoms. The Bertz CT molecular complexity index is 1270. The topological polar surface area (TPSA) is 129 Å². The van der Waals surface area contributed by atoms with Gasteiger partial charge < -0.3 is 15.2 Å². The van der Waals surface area contributed by atoms with Crippen molar-refractivity contribution in [1.82, 2.24) is 9.78 Å². The van der Waals surface area contributed by atoms with E-state index in [1.807, 2.05) is 19.9 Å². The number of amidine groups is 1. The maximum Gasteiger partial charge on any atom is 0.281 e. The predicted octanol–water partition coefficient (Wildman–Crippen LogP) is 4.57. The maximum atomic E-state index is 13.4. The van der Waals surface area contributed by atoms with E-state index in [0.717, 1.165) is 0 Å². The van der Waals surface area contributed by atoms with Gasteiger partial charge in [-0.25, -0.2) is 4.68 Å². The summed E-state index contributed by atoms with van der Waals surface area (Å²) in [6.45, 7) is 4.41. The van der Waals surface area contributed by atoms with Crippen LogP contribution < -0.4 is 15.6 Å². The summed E-state index contributed by atoms with van der Waals surface area (Å²) >= 11 is 0. The Morgan fingerprint density at radius 3 is 2.55 bits per heavy atom. The lowest BCUT2D eigenvalue weighted by atomic mass is 10.1. The minimum Gasteiger partial charge on any atom is -0.505 e. The number of aromatic hydroxyl groups is 1. The Hall–Kier alpha value is -3.34. The number of methoxy groups -OCH3 is 1. The van der Waals surface area contributed by atoms with Crippen LogP contribution in [0.5, 0.6) is 11.5 Å². The monoisotopic (exact) mass is 470 g/mol. The van der Waals surface area contributed by atoms with Crippen LogP contribution in [-0.2, 0) is 6.54 Å². The molecule has 0 fully saturated rings. The van der Waals surface area contributed by atoms with Gasteiger partial charge in [0.05, 0.1) is 12.8 Å². The van der Waals surface area contributed by atoms with E-state index in [4.69, 9.17) is 4.74 Å². The zero-order chi connectivity index (χ0) is 23.8. The van der Waals surface area contributed by atoms with E-state index in [-0.39, 0.29) is 27.7 Å². The minimum absolute atomic E-state index is 0.131. The highest BCUT2D eigenvalue weighted by Gasteiger charge is 2.31. The van der Waals surface area contributed by atoms with Gasteiger partial charge in [0.1, 0.15) is 21.9 Å². The van der Waals surface area contributed by atoms with Crippen LogP contribution in [0.15, 0.2) is 62.6 Å². The highest BCUT2D eigenvalue weighted by molar-refractivity contribution is 8.23. The van der Waals surface area contributed by atoms with E-state index >= 15 is 0 Å². The number of benzene rings is 2. The average molecular weight is 471 g/mol. The number of nitrogens with one attached hydrogen (secondary N) is 1. The Balaban J connectivity index is 1.90. The van der Waals surface area contributed by atoms with Crippen LogP contribution in [-0.4, -0.2) is 36.9 Å². The van der Waals surface area contributed by atoms with Gasteiger partial charge in [-0.1, -0.05) is 55.0 Å². The fourth-order valence-corrected chi connectivity index (χ4v) is 4.67. The molecular formula is C23H26N4O5S. The molecule has 10 heteroatoms. The van der Waals surface area contributed by atoms with Crippen LogP contribution >= 0.6 is 10.8 Å². The number of ether oxygens (including phenoxy) is 1. The van der Waals surface area contributed by atoms with E-state index in [9.17, 15) is 19.0 Å². The first-order valence-corrected chi connectivity index (χ1v) is 11.9. The molecule has 4 rings (SSSR count). The van der Waals surface area contributed by atoms with Crippen LogP contribution in [0.1, 0.15) is 25.8 Å². The first kappa shape index (κ1) is 22.8. The summed E-state index contributed by atoms with van der Waals surface area (Å²) in [4.78, 5) is 13.5. The van der Waals surface area contributed by atoms with E-state index < -0.39 is 16.3 Å². The Labute approximate surface area is 192 Å². The molecule has 3 aromatic rings. The van der Waals surface area contributed by atoms with Crippen molar-refractivity contribution in [2.75, 3.05) is 12.4 Å². The average Bonchev–Trinajstić information content (AvgIpc) is 2.78. The molecule has 0 unspecified atom stereocenters. The quantitative estimate of drug-likeness (QED) is 0.415. The first-order valence-electron chi connectivity index (χ1n) is 10.4. The summed E-state index contributed by atoms with van der Waals surface area (Å²) in [6.07, 6.45) is 0.697. The normalized spacial score (nSPS) is 15.4. The summed E-state index contributed by atoms with van der Waals surface area (Å²) in [5, 5.41) is 18.5. The van der Waals surface area contributed by atoms with Crippen LogP contribution in [0.2, 0.25) is 0 Å². The molecule has 9 nitrogen and oxygen atoms in total. The molecule has 2 aromatic carbocycles. The van der Waals surface area contributed by atoms with E-state index in [2.05, 4.69) is 14.8 Å². The smallest absolute Gasteiger partial charge is 0.281 e. The van der Waals surface area contributed by atoms with Gasteiger partial charge in [0.25, 0.3) is 5.56 Å². The number of hydrogen-bond acceptors (Lipinski definition) is 8. The number of aromatic nitrogens is 2. The van der Waals surface area contributed by atoms with Gasteiger partial charge in [-0.05, 0) is 24.5 Å². The molecule has 0 saturated heterocycles. The second kappa shape index (κ2) is 8.89. The number of hydrogen-bond donors (Lipinski definition) is 4. The molecule has 1 aromatic heterocycles. The molecule has 0 amide bonds. The lowest BCUT2D eigenvalue weighted by Crippen LogP contribution is -2.34. The van der Waals surface area contributed by atoms with Crippen molar-refractivity contribution >= 4 is 22.3 Å². The molecule has 174 valence electrons. The van der Waals surface area contributed by atoms with Crippen molar-refractivity contribution in [1.29, 1.82) is 0 Å². The largest absolute Gasteiger partial charge is 0.505 e. The lowest BCUT2D eigenvalue weighted by molar-refractivity contribution is 0.412. The van der Waals surface area contributed by atoms with Gasteiger partial charge >= 0.3 is 0 Å². The van der Waals surface area contributed by atoms with Gasteiger partial charge in [0.15, 0.2) is 11.6 Å². The first-order chi connectivity index (χ1) is 15.7. The number of anilines is 1. The third-order valence-electron chi connectivity index (χ3n) is 5.29. The zero-order valence-electron chi connectivity index (χ0n) is 18.5. The molecule has 0 aliphatic carbocycles. The molecule has 1 aliphatic rings. The summed E-state index contributed by atoms with van der Waals surface area (Å²) < 4.78 is 32.0. The molecule has 0 bridgehead atoms. The highest BCUT2D eigenvalue weighted by Crippen LogP contribution is 2.56. The van der Waals surface area contributed by atoms with Crippen molar-refractivity contribution in [3.63, 3.8) is 0 Å². The van der Waals surface area contributed by atoms with E-state index in [0.29, 0.717) is 35.9 Å². The van der Waals surface area contributed by atoms with Crippen molar-refractivity contribution < 1.29 is 18.9 Å². The molecule has 0 atom stereocenters. The predicted molar refractivity (Wildman–Crippen MR) is 129 cm³/mol. The third-order valence-corrected chi connectivity index (χ3v) is 6.65. The van der Waals surface area contributed by atoms with Gasteiger partial charge in [-0.2, -0.15) is 5.10 Å². The van der Waals surface area contributed by atoms with Crippen molar-refractivity contribution in [3.8, 4) is 22.8 Å². The lowest BCUT2D eigenvalue weighted by Gasteiger charge is -2.34. The molecule has 0 radical (unpaired) electrons. The van der Waals surface area contributed by atoms with Crippen molar-refractivity contribution in [3.05, 3.63) is 64.4 Å². The summed E-state index contributed by atoms with van der Waals surface area (Å²) in [6, 6.07) is 13.7. The standard InChI is InChI=1S/C23H26N4O5S/c1-14(2)11-12-27-23(29)19(21(28)20(25-27)15-7-5-4-6-8-15)22-24-17-10-9-16(32-3)13-18(17)33(30,31)26-22/h4-10,13-14,28,30-31H,11-12H2,1-3H3,(H,24,26). The van der Waals surface area contributed by atoms with Gasteiger partial charge in [-0.3, -0.25) is 13.9 Å². The molecule has 0 saturated carbocycles. The number of aryl methyl sites for hydroxylation is 1. The summed E-state index contributed by atoms with van der Waals surface area (Å²) in [5.74, 6) is 0.247. The second-order valence-electron chi connectivity index (χ2n) is 8.09. The zero-order valence-corrected chi connectivity index (χ0v) is 19.3. The Morgan fingerprint density at radius 2 is 1.88 bits per heavy atom. The fraction of sp³-hybridized carbons (Fsp3) is 0.261. The molecule has 2 heterocycles. The van der Waals surface area contributed by atoms with Crippen molar-refractivity contribution in [2.24, 2.45) is 10.3 Å². The second-order valence-corrected chi connectivity index (χ2v) is 9.75. The number of fused-ring (bicyclic) bond motifs is 1. The third kappa shape index (κ3) is 4.45. The van der Waals surface area contributed by atoms with E-state index in [1.54, 1.807) is 36.4 Å². The number of nitrogens with zero attached hydrogens (tertiary/aromatic N) is 3.